The number of hydrogen-bond acceptors (Lipinski definition) is 4. The van der Waals surface area contributed by atoms with Crippen molar-refractivity contribution in [2.75, 3.05) is 33.9 Å². The highest BCUT2D eigenvalue weighted by Crippen LogP contribution is 2.34. The van der Waals surface area contributed by atoms with Crippen LogP contribution >= 0.6 is 0 Å². The number of amides is 2. The minimum atomic E-state index is -0.191. The zero-order valence-corrected chi connectivity index (χ0v) is 14.9. The molecule has 3 rings (SSSR count). The Kier molecular flexibility index (Phi) is 5.71. The number of methoxy groups -OCH3 is 1. The Balaban J connectivity index is 1.82. The molecule has 0 bridgehead atoms. The van der Waals surface area contributed by atoms with Crippen molar-refractivity contribution >= 4 is 11.8 Å². The van der Waals surface area contributed by atoms with Gasteiger partial charge in [-0.25, -0.2) is 0 Å². The molecular formula is C19H26N2O4. The van der Waals surface area contributed by atoms with E-state index in [-0.39, 0.29) is 24.0 Å². The molecule has 1 heterocycles. The first-order valence-corrected chi connectivity index (χ1v) is 8.89. The number of nitrogens with one attached hydrogen (secondary N) is 1. The molecule has 6 heteroatoms. The number of carbonyl (C=O) groups is 2. The van der Waals surface area contributed by atoms with Gasteiger partial charge >= 0.3 is 0 Å². The Labute approximate surface area is 148 Å². The van der Waals surface area contributed by atoms with E-state index in [1.54, 1.807) is 38.4 Å². The average molecular weight is 346 g/mol. The number of carbonyl (C=O) groups excluding carboxylic acids is 2. The van der Waals surface area contributed by atoms with Gasteiger partial charge in [0.25, 0.3) is 11.8 Å². The van der Waals surface area contributed by atoms with Crippen molar-refractivity contribution in [1.29, 1.82) is 0 Å². The molecule has 0 spiro atoms. The summed E-state index contributed by atoms with van der Waals surface area (Å²) < 4.78 is 11.3. The molecule has 1 saturated carbocycles. The highest BCUT2D eigenvalue weighted by Gasteiger charge is 2.40. The first-order chi connectivity index (χ1) is 12.2. The summed E-state index contributed by atoms with van der Waals surface area (Å²) in [4.78, 5) is 26.9. The number of benzene rings is 1. The molecule has 1 aliphatic carbocycles. The predicted molar refractivity (Wildman–Crippen MR) is 93.6 cm³/mol. The smallest absolute Gasteiger partial charge is 0.254 e. The Morgan fingerprint density at radius 2 is 2.08 bits per heavy atom. The van der Waals surface area contributed by atoms with Crippen LogP contribution in [0.15, 0.2) is 24.3 Å². The topological polar surface area (TPSA) is 67.9 Å². The number of morpholine rings is 1. The van der Waals surface area contributed by atoms with Crippen LogP contribution in [0.2, 0.25) is 0 Å². The largest absolute Gasteiger partial charge is 0.381 e. The molecule has 6 nitrogen and oxygen atoms in total. The molecular weight excluding hydrogens is 320 g/mol. The number of rotatable bonds is 4. The quantitative estimate of drug-likeness (QED) is 0.901. The summed E-state index contributed by atoms with van der Waals surface area (Å²) in [7, 11) is 3.32. The molecule has 1 aromatic rings. The van der Waals surface area contributed by atoms with Crippen LogP contribution in [0.5, 0.6) is 0 Å². The standard InChI is InChI=1S/C19H26N2O4/c1-20-18(22)13-5-3-6-14(11-13)19(23)21-9-10-25-12-16(21)15-7-4-8-17(15)24-2/h3,5-6,11,15-17H,4,7-10,12H2,1-2H3,(H,20,22). The van der Waals surface area contributed by atoms with E-state index in [9.17, 15) is 9.59 Å². The van der Waals surface area contributed by atoms with E-state index >= 15 is 0 Å². The maximum Gasteiger partial charge on any atom is 0.254 e. The van der Waals surface area contributed by atoms with Crippen molar-refractivity contribution in [2.24, 2.45) is 5.92 Å². The second-order valence-corrected chi connectivity index (χ2v) is 6.67. The molecule has 25 heavy (non-hydrogen) atoms. The molecule has 2 aliphatic rings. The Bertz CT molecular complexity index is 634. The molecule has 0 aromatic heterocycles. The predicted octanol–water partition coefficient (Wildman–Crippen LogP) is 1.70. The third kappa shape index (κ3) is 3.70. The maximum absolute atomic E-state index is 13.1. The highest BCUT2D eigenvalue weighted by molar-refractivity contribution is 5.99. The van der Waals surface area contributed by atoms with Gasteiger partial charge in [0, 0.05) is 37.7 Å². The van der Waals surface area contributed by atoms with Crippen LogP contribution in [0.1, 0.15) is 40.0 Å². The number of nitrogens with zero attached hydrogens (tertiary/aromatic N) is 1. The van der Waals surface area contributed by atoms with Crippen molar-refractivity contribution < 1.29 is 19.1 Å². The molecule has 1 saturated heterocycles. The van der Waals surface area contributed by atoms with Crippen LogP contribution in [0.4, 0.5) is 0 Å². The van der Waals surface area contributed by atoms with Gasteiger partial charge in [0.05, 0.1) is 25.4 Å². The molecule has 3 atom stereocenters. The first kappa shape index (κ1) is 17.9. The van der Waals surface area contributed by atoms with E-state index in [1.165, 1.54) is 0 Å². The van der Waals surface area contributed by atoms with Crippen LogP contribution in [-0.4, -0.2) is 62.8 Å². The Morgan fingerprint density at radius 1 is 1.28 bits per heavy atom. The van der Waals surface area contributed by atoms with Gasteiger partial charge in [0.15, 0.2) is 0 Å². The second-order valence-electron chi connectivity index (χ2n) is 6.67. The normalized spacial score (nSPS) is 26.5. The Hall–Kier alpha value is -1.92. The summed E-state index contributed by atoms with van der Waals surface area (Å²) in [6, 6.07) is 6.92. The van der Waals surface area contributed by atoms with Gasteiger partial charge in [-0.1, -0.05) is 12.5 Å². The van der Waals surface area contributed by atoms with Crippen molar-refractivity contribution in [1.82, 2.24) is 10.2 Å². The SMILES string of the molecule is CNC(=O)c1cccc(C(=O)N2CCOCC2C2CCCC2OC)c1. The molecule has 0 radical (unpaired) electrons. The lowest BCUT2D eigenvalue weighted by atomic mass is 9.93. The van der Waals surface area contributed by atoms with Crippen LogP contribution in [0, 0.1) is 5.92 Å². The van der Waals surface area contributed by atoms with E-state index in [2.05, 4.69) is 5.32 Å². The lowest BCUT2D eigenvalue weighted by Gasteiger charge is -2.40. The van der Waals surface area contributed by atoms with E-state index < -0.39 is 0 Å². The van der Waals surface area contributed by atoms with Crippen LogP contribution in [0.3, 0.4) is 0 Å². The Morgan fingerprint density at radius 3 is 2.84 bits per heavy atom. The van der Waals surface area contributed by atoms with E-state index in [1.807, 2.05) is 4.90 Å². The molecule has 3 unspecified atom stereocenters. The van der Waals surface area contributed by atoms with Crippen molar-refractivity contribution in [2.45, 2.75) is 31.4 Å². The highest BCUT2D eigenvalue weighted by atomic mass is 16.5. The monoisotopic (exact) mass is 346 g/mol. The summed E-state index contributed by atoms with van der Waals surface area (Å²) in [5, 5.41) is 2.59. The fraction of sp³-hybridized carbons (Fsp3) is 0.579. The number of ether oxygens (including phenoxy) is 2. The van der Waals surface area contributed by atoms with Crippen molar-refractivity contribution in [3.8, 4) is 0 Å². The third-order valence-electron chi connectivity index (χ3n) is 5.33. The summed E-state index contributed by atoms with van der Waals surface area (Å²) in [5.74, 6) is 0.0700. The molecule has 2 fully saturated rings. The van der Waals surface area contributed by atoms with Gasteiger partial charge < -0.3 is 19.7 Å². The molecule has 136 valence electrons. The zero-order chi connectivity index (χ0) is 17.8. The first-order valence-electron chi connectivity index (χ1n) is 8.89. The summed E-state index contributed by atoms with van der Waals surface area (Å²) in [5.41, 5.74) is 1.04. The van der Waals surface area contributed by atoms with E-state index in [4.69, 9.17) is 9.47 Å². The van der Waals surface area contributed by atoms with Gasteiger partial charge in [-0.3, -0.25) is 9.59 Å². The van der Waals surface area contributed by atoms with Crippen LogP contribution in [0.25, 0.3) is 0 Å². The van der Waals surface area contributed by atoms with Gasteiger partial charge in [-0.15, -0.1) is 0 Å². The van der Waals surface area contributed by atoms with Crippen LogP contribution < -0.4 is 5.32 Å². The van der Waals surface area contributed by atoms with Gasteiger partial charge in [-0.05, 0) is 31.0 Å². The van der Waals surface area contributed by atoms with Gasteiger partial charge in [-0.2, -0.15) is 0 Å². The zero-order valence-electron chi connectivity index (χ0n) is 14.9. The lowest BCUT2D eigenvalue weighted by Crippen LogP contribution is -2.53. The van der Waals surface area contributed by atoms with Crippen molar-refractivity contribution in [3.05, 3.63) is 35.4 Å². The minimum absolute atomic E-state index is 0.0253. The molecule has 1 aliphatic heterocycles. The summed E-state index contributed by atoms with van der Waals surface area (Å²) in [6.45, 7) is 1.66. The van der Waals surface area contributed by atoms with Gasteiger partial charge in [0.2, 0.25) is 0 Å². The molecule has 2 amide bonds. The molecule has 1 N–H and O–H groups in total. The third-order valence-corrected chi connectivity index (χ3v) is 5.33. The van der Waals surface area contributed by atoms with Crippen molar-refractivity contribution in [3.63, 3.8) is 0 Å². The second kappa shape index (κ2) is 7.97. The maximum atomic E-state index is 13.1. The van der Waals surface area contributed by atoms with Crippen LogP contribution in [-0.2, 0) is 9.47 Å². The van der Waals surface area contributed by atoms with E-state index in [0.717, 1.165) is 19.3 Å². The number of hydrogen-bond donors (Lipinski definition) is 1. The lowest BCUT2D eigenvalue weighted by molar-refractivity contribution is -0.0460. The molecule has 1 aromatic carbocycles. The fourth-order valence-corrected chi connectivity index (χ4v) is 4.02. The minimum Gasteiger partial charge on any atom is -0.381 e. The average Bonchev–Trinajstić information content (AvgIpc) is 3.15. The van der Waals surface area contributed by atoms with Gasteiger partial charge in [0.1, 0.15) is 0 Å². The summed E-state index contributed by atoms with van der Waals surface area (Å²) in [6.07, 6.45) is 3.38. The summed E-state index contributed by atoms with van der Waals surface area (Å²) >= 11 is 0. The van der Waals surface area contributed by atoms with E-state index in [0.29, 0.717) is 36.8 Å². The fourth-order valence-electron chi connectivity index (χ4n) is 4.02.